The van der Waals surface area contributed by atoms with Gasteiger partial charge in [-0.3, -0.25) is 4.79 Å². The standard InChI is InChI=1S/C11H11BrFNO4/c12-6-3-7-10(18-2-1-17-7)8(9(6)13)5(4-14)11(15)16/h3,5H,1-2,4,14H2,(H,15,16). The fourth-order valence-corrected chi connectivity index (χ4v) is 2.23. The number of carbonyl (C=O) groups is 1. The van der Waals surface area contributed by atoms with Gasteiger partial charge >= 0.3 is 5.97 Å². The summed E-state index contributed by atoms with van der Waals surface area (Å²) in [5.74, 6) is -2.61. The normalized spacial score (nSPS) is 15.3. The van der Waals surface area contributed by atoms with E-state index in [4.69, 9.17) is 20.3 Å². The van der Waals surface area contributed by atoms with Crippen molar-refractivity contribution in [3.63, 3.8) is 0 Å². The van der Waals surface area contributed by atoms with Gasteiger partial charge in [-0.1, -0.05) is 0 Å². The molecule has 0 fully saturated rings. The van der Waals surface area contributed by atoms with Crippen LogP contribution in [0.15, 0.2) is 10.5 Å². The zero-order chi connectivity index (χ0) is 13.3. The SMILES string of the molecule is NCC(C(=O)O)c1c(F)c(Br)cc2c1OCCO2. The fourth-order valence-electron chi connectivity index (χ4n) is 1.81. The van der Waals surface area contributed by atoms with E-state index >= 15 is 0 Å². The largest absolute Gasteiger partial charge is 0.486 e. The monoisotopic (exact) mass is 319 g/mol. The Bertz CT molecular complexity index is 494. The first-order chi connectivity index (χ1) is 8.56. The number of rotatable bonds is 3. The smallest absolute Gasteiger partial charge is 0.312 e. The van der Waals surface area contributed by atoms with Gasteiger partial charge in [0.25, 0.3) is 0 Å². The third kappa shape index (κ3) is 2.15. The lowest BCUT2D eigenvalue weighted by Gasteiger charge is -2.24. The first-order valence-electron chi connectivity index (χ1n) is 5.26. The van der Waals surface area contributed by atoms with E-state index in [2.05, 4.69) is 15.9 Å². The minimum absolute atomic E-state index is 0.0749. The molecule has 1 aliphatic heterocycles. The molecule has 3 N–H and O–H groups in total. The fraction of sp³-hybridized carbons (Fsp3) is 0.364. The molecule has 1 unspecified atom stereocenters. The van der Waals surface area contributed by atoms with Crippen molar-refractivity contribution in [2.24, 2.45) is 5.73 Å². The van der Waals surface area contributed by atoms with Crippen LogP contribution in [0.5, 0.6) is 11.5 Å². The van der Waals surface area contributed by atoms with Crippen LogP contribution in [0.4, 0.5) is 4.39 Å². The summed E-state index contributed by atoms with van der Waals surface area (Å²) >= 11 is 3.03. The van der Waals surface area contributed by atoms with Gasteiger partial charge in [-0.05, 0) is 15.9 Å². The molecule has 0 spiro atoms. The highest BCUT2D eigenvalue weighted by Crippen LogP contribution is 2.42. The summed E-state index contributed by atoms with van der Waals surface area (Å²) < 4.78 is 24.8. The molecule has 1 aromatic carbocycles. The van der Waals surface area contributed by atoms with E-state index in [1.54, 1.807) is 0 Å². The lowest BCUT2D eigenvalue weighted by atomic mass is 9.97. The van der Waals surface area contributed by atoms with Crippen molar-refractivity contribution in [2.75, 3.05) is 19.8 Å². The number of fused-ring (bicyclic) bond motifs is 1. The maximum Gasteiger partial charge on any atom is 0.312 e. The third-order valence-electron chi connectivity index (χ3n) is 2.64. The molecule has 1 atom stereocenters. The van der Waals surface area contributed by atoms with Crippen molar-refractivity contribution in [1.82, 2.24) is 0 Å². The summed E-state index contributed by atoms with van der Waals surface area (Å²) in [4.78, 5) is 11.1. The van der Waals surface area contributed by atoms with Crippen LogP contribution in [-0.4, -0.2) is 30.8 Å². The highest BCUT2D eigenvalue weighted by atomic mass is 79.9. The molecular weight excluding hydrogens is 309 g/mol. The van der Waals surface area contributed by atoms with Gasteiger partial charge in [0.1, 0.15) is 24.9 Å². The summed E-state index contributed by atoms with van der Waals surface area (Å²) in [6, 6.07) is 1.42. The third-order valence-corrected chi connectivity index (χ3v) is 3.22. The predicted molar refractivity (Wildman–Crippen MR) is 64.5 cm³/mol. The van der Waals surface area contributed by atoms with Gasteiger partial charge in [0.05, 0.1) is 10.0 Å². The molecule has 0 radical (unpaired) electrons. The first kappa shape index (κ1) is 13.1. The van der Waals surface area contributed by atoms with Crippen LogP contribution in [0.25, 0.3) is 0 Å². The second-order valence-corrected chi connectivity index (χ2v) is 4.59. The maximum absolute atomic E-state index is 14.1. The van der Waals surface area contributed by atoms with E-state index in [0.29, 0.717) is 12.4 Å². The average Bonchev–Trinajstić information content (AvgIpc) is 2.34. The summed E-state index contributed by atoms with van der Waals surface area (Å²) in [6.45, 7) is 0.362. The summed E-state index contributed by atoms with van der Waals surface area (Å²) in [6.07, 6.45) is 0. The Morgan fingerprint density at radius 1 is 1.56 bits per heavy atom. The zero-order valence-corrected chi connectivity index (χ0v) is 10.9. The molecule has 2 rings (SSSR count). The van der Waals surface area contributed by atoms with Crippen molar-refractivity contribution >= 4 is 21.9 Å². The average molecular weight is 320 g/mol. The molecule has 5 nitrogen and oxygen atoms in total. The summed E-state index contributed by atoms with van der Waals surface area (Å²) in [5.41, 5.74) is 5.32. The van der Waals surface area contributed by atoms with Gasteiger partial charge in [0.15, 0.2) is 11.5 Å². The number of hydrogen-bond donors (Lipinski definition) is 2. The van der Waals surface area contributed by atoms with Crippen molar-refractivity contribution < 1.29 is 23.8 Å². The Labute approximate surface area is 111 Å². The second kappa shape index (κ2) is 5.11. The molecule has 0 aromatic heterocycles. The molecule has 0 saturated heterocycles. The highest BCUT2D eigenvalue weighted by Gasteiger charge is 2.31. The number of carboxylic acid groups (broad SMARTS) is 1. The first-order valence-corrected chi connectivity index (χ1v) is 6.06. The van der Waals surface area contributed by atoms with Gasteiger partial charge in [0, 0.05) is 12.6 Å². The molecule has 0 saturated carbocycles. The van der Waals surface area contributed by atoms with Gasteiger partial charge in [-0.15, -0.1) is 0 Å². The predicted octanol–water partition coefficient (Wildman–Crippen LogP) is 1.49. The summed E-state index contributed by atoms with van der Waals surface area (Å²) in [7, 11) is 0. The van der Waals surface area contributed by atoms with E-state index in [1.165, 1.54) is 6.07 Å². The van der Waals surface area contributed by atoms with Crippen LogP contribution in [0.2, 0.25) is 0 Å². The van der Waals surface area contributed by atoms with Crippen molar-refractivity contribution in [3.8, 4) is 11.5 Å². The van der Waals surface area contributed by atoms with Crippen molar-refractivity contribution in [2.45, 2.75) is 5.92 Å². The van der Waals surface area contributed by atoms with Gasteiger partial charge in [-0.2, -0.15) is 0 Å². The van der Waals surface area contributed by atoms with Crippen LogP contribution >= 0.6 is 15.9 Å². The molecule has 7 heteroatoms. The number of halogens is 2. The zero-order valence-electron chi connectivity index (χ0n) is 9.28. The van der Waals surface area contributed by atoms with Gasteiger partial charge < -0.3 is 20.3 Å². The van der Waals surface area contributed by atoms with Crippen LogP contribution in [0.3, 0.4) is 0 Å². The minimum Gasteiger partial charge on any atom is -0.486 e. The van der Waals surface area contributed by atoms with E-state index in [1.807, 2.05) is 0 Å². The number of aliphatic carboxylic acids is 1. The number of ether oxygens (including phenoxy) is 2. The Morgan fingerprint density at radius 3 is 2.83 bits per heavy atom. The Hall–Kier alpha value is -1.34. The Morgan fingerprint density at radius 2 is 2.22 bits per heavy atom. The number of nitrogens with two attached hydrogens (primary N) is 1. The number of hydrogen-bond acceptors (Lipinski definition) is 4. The molecular formula is C11H11BrFNO4. The maximum atomic E-state index is 14.1. The Balaban J connectivity index is 2.63. The van der Waals surface area contributed by atoms with Crippen LogP contribution in [-0.2, 0) is 4.79 Å². The van der Waals surface area contributed by atoms with E-state index < -0.39 is 17.7 Å². The quantitative estimate of drug-likeness (QED) is 0.882. The van der Waals surface area contributed by atoms with Crippen molar-refractivity contribution in [1.29, 1.82) is 0 Å². The molecule has 0 aliphatic carbocycles. The van der Waals surface area contributed by atoms with Crippen LogP contribution in [0, 0.1) is 5.82 Å². The van der Waals surface area contributed by atoms with E-state index in [9.17, 15) is 9.18 Å². The molecule has 1 heterocycles. The van der Waals surface area contributed by atoms with E-state index in [0.717, 1.165) is 0 Å². The highest BCUT2D eigenvalue weighted by molar-refractivity contribution is 9.10. The molecule has 98 valence electrons. The minimum atomic E-state index is -1.20. The van der Waals surface area contributed by atoms with Crippen molar-refractivity contribution in [3.05, 3.63) is 21.9 Å². The Kier molecular flexibility index (Phi) is 3.72. The topological polar surface area (TPSA) is 81.8 Å². The lowest BCUT2D eigenvalue weighted by Crippen LogP contribution is -2.25. The van der Waals surface area contributed by atoms with Crippen LogP contribution < -0.4 is 15.2 Å². The van der Waals surface area contributed by atoms with Gasteiger partial charge in [0.2, 0.25) is 0 Å². The number of carboxylic acids is 1. The molecule has 1 aliphatic rings. The molecule has 18 heavy (non-hydrogen) atoms. The molecule has 1 aromatic rings. The molecule has 0 bridgehead atoms. The lowest BCUT2D eigenvalue weighted by molar-refractivity contribution is -0.138. The molecule has 0 amide bonds. The second-order valence-electron chi connectivity index (χ2n) is 3.74. The van der Waals surface area contributed by atoms with E-state index in [-0.39, 0.29) is 28.9 Å². The summed E-state index contributed by atoms with van der Waals surface area (Å²) in [5, 5.41) is 9.09. The van der Waals surface area contributed by atoms with Gasteiger partial charge in [-0.25, -0.2) is 4.39 Å². The van der Waals surface area contributed by atoms with Crippen LogP contribution in [0.1, 0.15) is 11.5 Å². The number of benzene rings is 1.